The minimum Gasteiger partial charge on any atom is -0.317 e. The summed E-state index contributed by atoms with van der Waals surface area (Å²) in [6, 6.07) is 1.29. The van der Waals surface area contributed by atoms with Crippen molar-refractivity contribution in [3.05, 3.63) is 0 Å². The van der Waals surface area contributed by atoms with Gasteiger partial charge >= 0.3 is 0 Å². The maximum absolute atomic E-state index is 3.64. The number of nitrogens with zero attached hydrogens (tertiary/aromatic N) is 3. The minimum atomic E-state index is 0.289. The Kier molecular flexibility index (Phi) is 14.7. The zero-order chi connectivity index (χ0) is 20.9. The first-order valence-corrected chi connectivity index (χ1v) is 11.6. The Morgan fingerprint density at radius 2 is 1.22 bits per heavy atom. The SMILES string of the molecule is CCN(CCCNCCCN(CC)C(C)(C)C)CCCN(C(C)C)C(C)C. The Hall–Kier alpha value is -0.160. The number of rotatable bonds is 16. The Morgan fingerprint density at radius 3 is 1.67 bits per heavy atom. The molecule has 4 nitrogen and oxygen atoms in total. The quantitative estimate of drug-likeness (QED) is 0.400. The second-order valence-corrected chi connectivity index (χ2v) is 9.42. The van der Waals surface area contributed by atoms with Gasteiger partial charge in [-0.3, -0.25) is 9.80 Å². The number of hydrogen-bond donors (Lipinski definition) is 1. The average Bonchev–Trinajstić information content (AvgIpc) is 2.57. The second kappa shape index (κ2) is 14.8. The van der Waals surface area contributed by atoms with Crippen molar-refractivity contribution in [3.63, 3.8) is 0 Å². The van der Waals surface area contributed by atoms with Gasteiger partial charge < -0.3 is 10.2 Å². The highest BCUT2D eigenvalue weighted by molar-refractivity contribution is 4.75. The highest BCUT2D eigenvalue weighted by atomic mass is 15.2. The van der Waals surface area contributed by atoms with Gasteiger partial charge in [0.2, 0.25) is 0 Å². The summed E-state index contributed by atoms with van der Waals surface area (Å²) in [7, 11) is 0. The molecule has 0 unspecified atom stereocenters. The first-order chi connectivity index (χ1) is 12.6. The standard InChI is InChI=1S/C23H52N4/c1-10-25(18-14-20-27(21(3)4)22(5)6)17-12-15-24-16-13-19-26(11-2)23(7,8)9/h21-22,24H,10-20H2,1-9H3. The van der Waals surface area contributed by atoms with Crippen molar-refractivity contribution < 1.29 is 0 Å². The Bertz CT molecular complexity index is 328. The topological polar surface area (TPSA) is 21.8 Å². The lowest BCUT2D eigenvalue weighted by atomic mass is 10.1. The lowest BCUT2D eigenvalue weighted by Crippen LogP contribution is -2.42. The van der Waals surface area contributed by atoms with Crippen LogP contribution in [0.25, 0.3) is 0 Å². The van der Waals surface area contributed by atoms with Gasteiger partial charge in [0, 0.05) is 17.6 Å². The summed E-state index contributed by atoms with van der Waals surface area (Å²) in [6.45, 7) is 30.2. The van der Waals surface area contributed by atoms with Crippen LogP contribution in [0.4, 0.5) is 0 Å². The van der Waals surface area contributed by atoms with Gasteiger partial charge in [0.05, 0.1) is 0 Å². The molecule has 0 aliphatic heterocycles. The zero-order valence-electron chi connectivity index (χ0n) is 20.3. The van der Waals surface area contributed by atoms with E-state index in [4.69, 9.17) is 0 Å². The smallest absolute Gasteiger partial charge is 0.0124 e. The number of nitrogens with one attached hydrogen (secondary N) is 1. The molecule has 0 aliphatic carbocycles. The lowest BCUT2D eigenvalue weighted by molar-refractivity contribution is 0.143. The molecule has 0 spiro atoms. The van der Waals surface area contributed by atoms with Crippen molar-refractivity contribution in [2.75, 3.05) is 52.4 Å². The van der Waals surface area contributed by atoms with E-state index in [0.29, 0.717) is 12.1 Å². The predicted molar refractivity (Wildman–Crippen MR) is 123 cm³/mol. The van der Waals surface area contributed by atoms with E-state index < -0.39 is 0 Å². The molecule has 0 fully saturated rings. The molecular weight excluding hydrogens is 332 g/mol. The van der Waals surface area contributed by atoms with E-state index in [0.717, 1.165) is 19.6 Å². The van der Waals surface area contributed by atoms with E-state index in [9.17, 15) is 0 Å². The number of hydrogen-bond acceptors (Lipinski definition) is 4. The summed E-state index contributed by atoms with van der Waals surface area (Å²) < 4.78 is 0. The highest BCUT2D eigenvalue weighted by Gasteiger charge is 2.18. The van der Waals surface area contributed by atoms with E-state index in [1.165, 1.54) is 52.0 Å². The molecule has 0 bridgehead atoms. The third-order valence-corrected chi connectivity index (χ3v) is 5.60. The zero-order valence-corrected chi connectivity index (χ0v) is 20.3. The van der Waals surface area contributed by atoms with Gasteiger partial charge in [-0.2, -0.15) is 0 Å². The first kappa shape index (κ1) is 26.8. The summed E-state index contributed by atoms with van der Waals surface area (Å²) in [5.41, 5.74) is 0.289. The minimum absolute atomic E-state index is 0.289. The van der Waals surface area contributed by atoms with E-state index in [1.807, 2.05) is 0 Å². The van der Waals surface area contributed by atoms with Crippen molar-refractivity contribution in [2.24, 2.45) is 0 Å². The Morgan fingerprint density at radius 1 is 0.704 bits per heavy atom. The third kappa shape index (κ3) is 12.8. The van der Waals surface area contributed by atoms with Crippen molar-refractivity contribution in [3.8, 4) is 0 Å². The van der Waals surface area contributed by atoms with Gasteiger partial charge in [-0.25, -0.2) is 0 Å². The molecule has 0 saturated heterocycles. The summed E-state index contributed by atoms with van der Waals surface area (Å²) >= 11 is 0. The Labute approximate surface area is 172 Å². The summed E-state index contributed by atoms with van der Waals surface area (Å²) in [4.78, 5) is 7.77. The van der Waals surface area contributed by atoms with E-state index in [-0.39, 0.29) is 5.54 Å². The van der Waals surface area contributed by atoms with Crippen LogP contribution in [0.3, 0.4) is 0 Å². The van der Waals surface area contributed by atoms with Gasteiger partial charge in [0.25, 0.3) is 0 Å². The van der Waals surface area contributed by atoms with Crippen LogP contribution in [-0.4, -0.2) is 84.7 Å². The first-order valence-electron chi connectivity index (χ1n) is 11.6. The van der Waals surface area contributed by atoms with Crippen molar-refractivity contribution >= 4 is 0 Å². The third-order valence-electron chi connectivity index (χ3n) is 5.60. The monoisotopic (exact) mass is 384 g/mol. The molecule has 0 atom stereocenters. The van der Waals surface area contributed by atoms with Crippen LogP contribution in [0.5, 0.6) is 0 Å². The lowest BCUT2D eigenvalue weighted by Gasteiger charge is -2.34. The molecule has 0 amide bonds. The van der Waals surface area contributed by atoms with Crippen LogP contribution in [0.2, 0.25) is 0 Å². The van der Waals surface area contributed by atoms with Gasteiger partial charge in [-0.05, 0) is 120 Å². The molecule has 0 aliphatic rings. The van der Waals surface area contributed by atoms with Crippen LogP contribution >= 0.6 is 0 Å². The summed E-state index contributed by atoms with van der Waals surface area (Å²) in [6.07, 6.45) is 3.77. The highest BCUT2D eigenvalue weighted by Crippen LogP contribution is 2.12. The average molecular weight is 385 g/mol. The van der Waals surface area contributed by atoms with Crippen molar-refractivity contribution in [2.45, 2.75) is 99.2 Å². The molecule has 0 saturated carbocycles. The van der Waals surface area contributed by atoms with E-state index in [1.54, 1.807) is 0 Å². The van der Waals surface area contributed by atoms with Crippen LogP contribution in [0.1, 0.15) is 81.6 Å². The van der Waals surface area contributed by atoms with Crippen LogP contribution in [-0.2, 0) is 0 Å². The van der Waals surface area contributed by atoms with Crippen LogP contribution < -0.4 is 5.32 Å². The molecule has 164 valence electrons. The molecule has 27 heavy (non-hydrogen) atoms. The molecule has 0 rings (SSSR count). The molecule has 0 aromatic rings. The maximum atomic E-state index is 3.64. The maximum Gasteiger partial charge on any atom is 0.0124 e. The summed E-state index contributed by atoms with van der Waals surface area (Å²) in [5.74, 6) is 0. The molecular formula is C23H52N4. The molecule has 0 aromatic carbocycles. The molecule has 4 heteroatoms. The van der Waals surface area contributed by atoms with Crippen LogP contribution in [0.15, 0.2) is 0 Å². The van der Waals surface area contributed by atoms with E-state index >= 15 is 0 Å². The predicted octanol–water partition coefficient (Wildman–Crippen LogP) is 4.31. The fourth-order valence-electron chi connectivity index (χ4n) is 3.93. The van der Waals surface area contributed by atoms with Crippen molar-refractivity contribution in [1.29, 1.82) is 0 Å². The van der Waals surface area contributed by atoms with Gasteiger partial charge in [-0.15, -0.1) is 0 Å². The molecule has 1 N–H and O–H groups in total. The van der Waals surface area contributed by atoms with Gasteiger partial charge in [0.15, 0.2) is 0 Å². The molecule has 0 radical (unpaired) electrons. The van der Waals surface area contributed by atoms with E-state index in [2.05, 4.69) is 82.3 Å². The largest absolute Gasteiger partial charge is 0.317 e. The second-order valence-electron chi connectivity index (χ2n) is 9.42. The van der Waals surface area contributed by atoms with Gasteiger partial charge in [0.1, 0.15) is 0 Å². The van der Waals surface area contributed by atoms with Crippen LogP contribution in [0, 0.1) is 0 Å². The van der Waals surface area contributed by atoms with Gasteiger partial charge in [-0.1, -0.05) is 13.8 Å². The Balaban J connectivity index is 3.83. The summed E-state index contributed by atoms with van der Waals surface area (Å²) in [5, 5.41) is 3.64. The fraction of sp³-hybridized carbons (Fsp3) is 1.00. The van der Waals surface area contributed by atoms with Crippen molar-refractivity contribution in [1.82, 2.24) is 20.0 Å². The molecule has 0 aromatic heterocycles. The molecule has 0 heterocycles. The fourth-order valence-corrected chi connectivity index (χ4v) is 3.93. The normalized spacial score (nSPS) is 13.1.